The van der Waals surface area contributed by atoms with Gasteiger partial charge in [-0.25, -0.2) is 4.98 Å². The molecule has 2 unspecified atom stereocenters. The van der Waals surface area contributed by atoms with Crippen LogP contribution in [0.4, 0.5) is 0 Å². The van der Waals surface area contributed by atoms with Crippen LogP contribution in [0.15, 0.2) is 6.20 Å². The van der Waals surface area contributed by atoms with Crippen molar-refractivity contribution in [3.63, 3.8) is 0 Å². The van der Waals surface area contributed by atoms with E-state index in [1.807, 2.05) is 6.20 Å². The van der Waals surface area contributed by atoms with Gasteiger partial charge in [0.2, 0.25) is 5.91 Å². The zero-order valence-corrected chi connectivity index (χ0v) is 10.6. The van der Waals surface area contributed by atoms with E-state index in [0.717, 1.165) is 11.4 Å². The number of aliphatic hydroxyl groups excluding tert-OH is 1. The van der Waals surface area contributed by atoms with Crippen LogP contribution in [0.2, 0.25) is 0 Å². The summed E-state index contributed by atoms with van der Waals surface area (Å²) < 4.78 is 0. The van der Waals surface area contributed by atoms with Gasteiger partial charge in [-0.15, -0.1) is 11.3 Å². The number of aromatic nitrogens is 1. The van der Waals surface area contributed by atoms with Crippen LogP contribution in [0.5, 0.6) is 0 Å². The molecule has 1 amide bonds. The van der Waals surface area contributed by atoms with Gasteiger partial charge < -0.3 is 15.7 Å². The lowest BCUT2D eigenvalue weighted by atomic mass is 10.2. The number of amides is 1. The lowest BCUT2D eigenvalue weighted by molar-refractivity contribution is -0.123. The average molecular weight is 255 g/mol. The third kappa shape index (κ3) is 3.24. The minimum atomic E-state index is -0.405. The van der Waals surface area contributed by atoms with Crippen LogP contribution >= 0.6 is 11.3 Å². The Labute approximate surface area is 104 Å². The van der Waals surface area contributed by atoms with Gasteiger partial charge in [-0.1, -0.05) is 6.92 Å². The quantitative estimate of drug-likeness (QED) is 0.710. The maximum Gasteiger partial charge on any atom is 0.237 e. The van der Waals surface area contributed by atoms with Gasteiger partial charge in [-0.2, -0.15) is 0 Å². The first kappa shape index (κ1) is 12.5. The Bertz CT molecular complexity index is 394. The number of β-amino-alcohol motifs (C(OH)–C–C–N with tert-alkyl or cyclic N) is 1. The zero-order chi connectivity index (χ0) is 12.3. The Morgan fingerprint density at radius 1 is 1.76 bits per heavy atom. The standard InChI is InChI=1S/C11H17N3O2S/c1-2-8-5-13-10(17-8)6-14-11(16)9-3-7(15)4-12-9/h5,7,9,12,15H,2-4,6H2,1H3,(H,14,16). The van der Waals surface area contributed by atoms with Crippen LogP contribution < -0.4 is 10.6 Å². The van der Waals surface area contributed by atoms with E-state index in [0.29, 0.717) is 19.5 Å². The topological polar surface area (TPSA) is 74.2 Å². The molecule has 2 heterocycles. The molecule has 0 aromatic carbocycles. The molecule has 1 aliphatic heterocycles. The number of aryl methyl sites for hydroxylation is 1. The summed E-state index contributed by atoms with van der Waals surface area (Å²) >= 11 is 1.62. The lowest BCUT2D eigenvalue weighted by Crippen LogP contribution is -2.39. The first-order chi connectivity index (χ1) is 8.19. The van der Waals surface area contributed by atoms with E-state index in [1.54, 1.807) is 11.3 Å². The van der Waals surface area contributed by atoms with Crippen molar-refractivity contribution >= 4 is 17.2 Å². The second kappa shape index (κ2) is 5.57. The van der Waals surface area contributed by atoms with Crippen LogP contribution in [0.1, 0.15) is 23.2 Å². The Morgan fingerprint density at radius 2 is 2.59 bits per heavy atom. The number of carbonyl (C=O) groups is 1. The summed E-state index contributed by atoms with van der Waals surface area (Å²) in [7, 11) is 0. The van der Waals surface area contributed by atoms with Crippen LogP contribution in [0, 0.1) is 0 Å². The summed E-state index contributed by atoms with van der Waals surface area (Å²) in [5, 5.41) is 16.1. The lowest BCUT2D eigenvalue weighted by Gasteiger charge is -2.09. The van der Waals surface area contributed by atoms with Crippen molar-refractivity contribution in [2.75, 3.05) is 6.54 Å². The first-order valence-corrected chi connectivity index (χ1v) is 6.63. The smallest absolute Gasteiger partial charge is 0.237 e. The number of carbonyl (C=O) groups excluding carboxylic acids is 1. The fourth-order valence-corrected chi connectivity index (χ4v) is 2.60. The molecule has 0 radical (unpaired) electrons. The van der Waals surface area contributed by atoms with Gasteiger partial charge in [0.25, 0.3) is 0 Å². The molecule has 17 heavy (non-hydrogen) atoms. The van der Waals surface area contributed by atoms with Crippen molar-refractivity contribution in [2.45, 2.75) is 38.5 Å². The first-order valence-electron chi connectivity index (χ1n) is 5.81. The normalized spacial score (nSPS) is 23.9. The second-order valence-corrected chi connectivity index (χ2v) is 5.34. The monoisotopic (exact) mass is 255 g/mol. The summed E-state index contributed by atoms with van der Waals surface area (Å²) in [6.45, 7) is 3.05. The molecule has 0 spiro atoms. The van der Waals surface area contributed by atoms with Gasteiger partial charge >= 0.3 is 0 Å². The number of hydrogen-bond donors (Lipinski definition) is 3. The van der Waals surface area contributed by atoms with Crippen molar-refractivity contribution in [2.24, 2.45) is 0 Å². The van der Waals surface area contributed by atoms with Crippen LogP contribution in [0.3, 0.4) is 0 Å². The summed E-state index contributed by atoms with van der Waals surface area (Å²) in [5.74, 6) is -0.0604. The molecule has 0 aliphatic carbocycles. The minimum absolute atomic E-state index is 0.0604. The molecule has 94 valence electrons. The molecule has 1 aromatic heterocycles. The van der Waals surface area contributed by atoms with Crippen molar-refractivity contribution in [3.05, 3.63) is 16.1 Å². The number of thiazole rings is 1. The van der Waals surface area contributed by atoms with Gasteiger partial charge in [0, 0.05) is 17.6 Å². The van der Waals surface area contributed by atoms with Gasteiger partial charge in [0.05, 0.1) is 18.7 Å². The highest BCUT2D eigenvalue weighted by molar-refractivity contribution is 7.11. The third-order valence-corrected chi connectivity index (χ3v) is 3.93. The Kier molecular flexibility index (Phi) is 4.09. The summed E-state index contributed by atoms with van der Waals surface area (Å²) in [6, 6.07) is -0.268. The maximum atomic E-state index is 11.7. The Balaban J connectivity index is 1.79. The highest BCUT2D eigenvalue weighted by Gasteiger charge is 2.27. The molecule has 2 rings (SSSR count). The average Bonchev–Trinajstić information content (AvgIpc) is 2.94. The molecular formula is C11H17N3O2S. The van der Waals surface area contributed by atoms with Crippen LogP contribution in [-0.2, 0) is 17.8 Å². The second-order valence-electron chi connectivity index (χ2n) is 4.14. The van der Waals surface area contributed by atoms with Gasteiger partial charge in [-0.3, -0.25) is 4.79 Å². The van der Waals surface area contributed by atoms with Crippen molar-refractivity contribution in [3.8, 4) is 0 Å². The molecule has 0 bridgehead atoms. The van der Waals surface area contributed by atoms with Gasteiger partial charge in [0.15, 0.2) is 0 Å². The largest absolute Gasteiger partial charge is 0.392 e. The molecule has 2 atom stereocenters. The molecule has 6 heteroatoms. The third-order valence-electron chi connectivity index (χ3n) is 2.79. The highest BCUT2D eigenvalue weighted by atomic mass is 32.1. The number of nitrogens with zero attached hydrogens (tertiary/aromatic N) is 1. The molecule has 1 aromatic rings. The van der Waals surface area contributed by atoms with Crippen LogP contribution in [-0.4, -0.2) is 34.7 Å². The molecule has 0 saturated carbocycles. The highest BCUT2D eigenvalue weighted by Crippen LogP contribution is 2.13. The summed E-state index contributed by atoms with van der Waals surface area (Å²) in [6.07, 6.45) is 2.91. The maximum absolute atomic E-state index is 11.7. The number of hydrogen-bond acceptors (Lipinski definition) is 5. The van der Waals surface area contributed by atoms with Gasteiger partial charge in [0.1, 0.15) is 5.01 Å². The van der Waals surface area contributed by atoms with E-state index in [4.69, 9.17) is 0 Å². The number of aliphatic hydroxyl groups is 1. The molecular weight excluding hydrogens is 238 g/mol. The zero-order valence-electron chi connectivity index (χ0n) is 9.77. The van der Waals surface area contributed by atoms with Crippen molar-refractivity contribution in [1.82, 2.24) is 15.6 Å². The van der Waals surface area contributed by atoms with E-state index in [-0.39, 0.29) is 11.9 Å². The van der Waals surface area contributed by atoms with E-state index >= 15 is 0 Å². The molecule has 1 saturated heterocycles. The fraction of sp³-hybridized carbons (Fsp3) is 0.636. The minimum Gasteiger partial charge on any atom is -0.392 e. The molecule has 1 fully saturated rings. The van der Waals surface area contributed by atoms with Gasteiger partial charge in [-0.05, 0) is 12.8 Å². The summed E-state index contributed by atoms with van der Waals surface area (Å²) in [5.41, 5.74) is 0. The predicted molar refractivity (Wildman–Crippen MR) is 65.8 cm³/mol. The number of rotatable bonds is 4. The Morgan fingerprint density at radius 3 is 3.18 bits per heavy atom. The molecule has 1 aliphatic rings. The predicted octanol–water partition coefficient (Wildman–Crippen LogP) is 0.0445. The number of nitrogens with one attached hydrogen (secondary N) is 2. The Hall–Kier alpha value is -0.980. The fourth-order valence-electron chi connectivity index (χ4n) is 1.80. The van der Waals surface area contributed by atoms with E-state index in [9.17, 15) is 9.90 Å². The van der Waals surface area contributed by atoms with E-state index in [1.165, 1.54) is 4.88 Å². The molecule has 3 N–H and O–H groups in total. The van der Waals surface area contributed by atoms with Crippen LogP contribution in [0.25, 0.3) is 0 Å². The SMILES string of the molecule is CCc1cnc(CNC(=O)C2CC(O)CN2)s1. The summed E-state index contributed by atoms with van der Waals surface area (Å²) in [4.78, 5) is 17.2. The molecule has 5 nitrogen and oxygen atoms in total. The van der Waals surface area contributed by atoms with E-state index < -0.39 is 6.10 Å². The van der Waals surface area contributed by atoms with E-state index in [2.05, 4.69) is 22.5 Å². The van der Waals surface area contributed by atoms with Crippen molar-refractivity contribution < 1.29 is 9.90 Å². The van der Waals surface area contributed by atoms with Crippen molar-refractivity contribution in [1.29, 1.82) is 0 Å².